The Hall–Kier alpha value is -1.69. The maximum Gasteiger partial charge on any atom is 0.225 e. The van der Waals surface area contributed by atoms with Crippen molar-refractivity contribution in [3.63, 3.8) is 0 Å². The number of amides is 1. The summed E-state index contributed by atoms with van der Waals surface area (Å²) in [4.78, 5) is 25.6. The third kappa shape index (κ3) is 4.66. The van der Waals surface area contributed by atoms with Crippen molar-refractivity contribution in [1.29, 1.82) is 0 Å². The number of nitrogens with one attached hydrogen (secondary N) is 1. The minimum atomic E-state index is 0.131. The first-order chi connectivity index (χ1) is 11.7. The lowest BCUT2D eigenvalue weighted by molar-refractivity contribution is -0.125. The third-order valence-corrected chi connectivity index (χ3v) is 5.30. The predicted molar refractivity (Wildman–Crippen MR) is 94.8 cm³/mol. The molecular formula is C18H29N5O. The Kier molecular flexibility index (Phi) is 6.01. The molecule has 6 nitrogen and oxygen atoms in total. The summed E-state index contributed by atoms with van der Waals surface area (Å²) in [5.41, 5.74) is 0. The quantitative estimate of drug-likeness (QED) is 0.887. The number of likely N-dealkylation sites (tertiary alicyclic amines) is 1. The van der Waals surface area contributed by atoms with Crippen LogP contribution < -0.4 is 10.2 Å². The molecule has 2 aliphatic heterocycles. The van der Waals surface area contributed by atoms with E-state index in [9.17, 15) is 4.79 Å². The summed E-state index contributed by atoms with van der Waals surface area (Å²) in [5, 5.41) is 3.14. The van der Waals surface area contributed by atoms with Gasteiger partial charge < -0.3 is 15.1 Å². The van der Waals surface area contributed by atoms with Crippen molar-refractivity contribution >= 4 is 11.9 Å². The second-order valence-corrected chi connectivity index (χ2v) is 7.13. The van der Waals surface area contributed by atoms with E-state index in [2.05, 4.69) is 32.0 Å². The van der Waals surface area contributed by atoms with E-state index in [1.54, 1.807) is 12.4 Å². The van der Waals surface area contributed by atoms with Crippen molar-refractivity contribution in [2.45, 2.75) is 32.6 Å². The van der Waals surface area contributed by atoms with E-state index >= 15 is 0 Å². The average Bonchev–Trinajstić information content (AvgIpc) is 2.64. The van der Waals surface area contributed by atoms with Gasteiger partial charge in [0.05, 0.1) is 0 Å². The summed E-state index contributed by atoms with van der Waals surface area (Å²) < 4.78 is 0. The van der Waals surface area contributed by atoms with Gasteiger partial charge in [-0.2, -0.15) is 0 Å². The molecule has 0 unspecified atom stereocenters. The number of nitrogens with zero attached hydrogens (tertiary/aromatic N) is 4. The number of carbonyl (C=O) groups excluding carboxylic acids is 1. The maximum atomic E-state index is 12.4. The van der Waals surface area contributed by atoms with Gasteiger partial charge in [0, 0.05) is 44.5 Å². The molecule has 1 amide bonds. The largest absolute Gasteiger partial charge is 0.355 e. The first kappa shape index (κ1) is 17.1. The van der Waals surface area contributed by atoms with E-state index in [0.717, 1.165) is 50.9 Å². The summed E-state index contributed by atoms with van der Waals surface area (Å²) >= 11 is 0. The van der Waals surface area contributed by atoms with E-state index < -0.39 is 0 Å². The fourth-order valence-corrected chi connectivity index (χ4v) is 3.56. The summed E-state index contributed by atoms with van der Waals surface area (Å²) in [5.74, 6) is 1.98. The zero-order chi connectivity index (χ0) is 16.8. The number of hydrogen-bond donors (Lipinski definition) is 1. The zero-order valence-electron chi connectivity index (χ0n) is 14.7. The summed E-state index contributed by atoms with van der Waals surface area (Å²) in [6, 6.07) is 1.83. The lowest BCUT2D eigenvalue weighted by Crippen LogP contribution is -2.44. The Morgan fingerprint density at radius 1 is 1.12 bits per heavy atom. The second-order valence-electron chi connectivity index (χ2n) is 7.13. The van der Waals surface area contributed by atoms with E-state index in [4.69, 9.17) is 0 Å². The molecule has 1 aromatic rings. The van der Waals surface area contributed by atoms with Crippen molar-refractivity contribution in [1.82, 2.24) is 20.2 Å². The molecule has 0 aliphatic carbocycles. The normalized spacial score (nSPS) is 21.0. The Labute approximate surface area is 144 Å². The molecular weight excluding hydrogens is 302 g/mol. The molecule has 2 fully saturated rings. The van der Waals surface area contributed by atoms with Gasteiger partial charge >= 0.3 is 0 Å². The van der Waals surface area contributed by atoms with Crippen LogP contribution in [-0.2, 0) is 4.79 Å². The molecule has 0 atom stereocenters. The van der Waals surface area contributed by atoms with Gasteiger partial charge in [-0.15, -0.1) is 0 Å². The molecule has 6 heteroatoms. The topological polar surface area (TPSA) is 61.4 Å². The number of hydrogen-bond acceptors (Lipinski definition) is 5. The van der Waals surface area contributed by atoms with Crippen molar-refractivity contribution in [3.05, 3.63) is 18.5 Å². The summed E-state index contributed by atoms with van der Waals surface area (Å²) in [6.45, 7) is 8.13. The Balaban J connectivity index is 1.35. The Morgan fingerprint density at radius 2 is 1.79 bits per heavy atom. The van der Waals surface area contributed by atoms with Crippen molar-refractivity contribution in [2.24, 2.45) is 11.8 Å². The van der Waals surface area contributed by atoms with Crippen molar-refractivity contribution in [2.75, 3.05) is 44.2 Å². The van der Waals surface area contributed by atoms with Gasteiger partial charge in [0.25, 0.3) is 0 Å². The first-order valence-electron chi connectivity index (χ1n) is 9.24. The van der Waals surface area contributed by atoms with Crippen molar-refractivity contribution in [3.8, 4) is 0 Å². The highest BCUT2D eigenvalue weighted by Crippen LogP contribution is 2.20. The maximum absolute atomic E-state index is 12.4. The highest BCUT2D eigenvalue weighted by Gasteiger charge is 2.26. The smallest absolute Gasteiger partial charge is 0.225 e. The lowest BCUT2D eigenvalue weighted by Gasteiger charge is -2.32. The standard InChI is InChI=1S/C18H29N5O/c1-15-3-10-22(11-4-15)14-9-19-17(24)16-5-12-23(13-6-16)18-20-7-2-8-21-18/h2,7-8,15-16H,3-6,9-14H2,1H3,(H,19,24). The average molecular weight is 331 g/mol. The van der Waals surface area contributed by atoms with E-state index in [-0.39, 0.29) is 11.8 Å². The first-order valence-corrected chi connectivity index (χ1v) is 9.24. The van der Waals surface area contributed by atoms with Gasteiger partial charge in [-0.3, -0.25) is 4.79 Å². The zero-order valence-corrected chi connectivity index (χ0v) is 14.7. The van der Waals surface area contributed by atoms with Crippen LogP contribution in [0.2, 0.25) is 0 Å². The molecule has 0 radical (unpaired) electrons. The lowest BCUT2D eigenvalue weighted by atomic mass is 9.96. The van der Waals surface area contributed by atoms with Gasteiger partial charge in [0.1, 0.15) is 0 Å². The third-order valence-electron chi connectivity index (χ3n) is 5.30. The van der Waals surface area contributed by atoms with Crippen LogP contribution in [0.15, 0.2) is 18.5 Å². The molecule has 0 spiro atoms. The number of piperidine rings is 2. The highest BCUT2D eigenvalue weighted by molar-refractivity contribution is 5.78. The number of carbonyl (C=O) groups is 1. The Bertz CT molecular complexity index is 507. The summed E-state index contributed by atoms with van der Waals surface area (Å²) in [6.07, 6.45) is 7.86. The van der Waals surface area contributed by atoms with Gasteiger partial charge in [-0.05, 0) is 50.8 Å². The van der Waals surface area contributed by atoms with Gasteiger partial charge in [-0.25, -0.2) is 9.97 Å². The molecule has 3 rings (SSSR count). The molecule has 24 heavy (non-hydrogen) atoms. The van der Waals surface area contributed by atoms with E-state index in [1.807, 2.05) is 6.07 Å². The van der Waals surface area contributed by atoms with Crippen LogP contribution in [0.4, 0.5) is 5.95 Å². The minimum Gasteiger partial charge on any atom is -0.355 e. The number of rotatable bonds is 5. The van der Waals surface area contributed by atoms with Crippen molar-refractivity contribution < 1.29 is 4.79 Å². The van der Waals surface area contributed by atoms with Crippen LogP contribution in [0.1, 0.15) is 32.6 Å². The van der Waals surface area contributed by atoms with E-state index in [0.29, 0.717) is 0 Å². The molecule has 0 aromatic carbocycles. The summed E-state index contributed by atoms with van der Waals surface area (Å²) in [7, 11) is 0. The molecule has 0 bridgehead atoms. The minimum absolute atomic E-state index is 0.131. The predicted octanol–water partition coefficient (Wildman–Crippen LogP) is 1.54. The molecule has 132 valence electrons. The fourth-order valence-electron chi connectivity index (χ4n) is 3.56. The number of anilines is 1. The molecule has 2 aliphatic rings. The SMILES string of the molecule is CC1CCN(CCNC(=O)C2CCN(c3ncccn3)CC2)CC1. The molecule has 0 saturated carbocycles. The Morgan fingerprint density at radius 3 is 2.46 bits per heavy atom. The van der Waals surface area contributed by atoms with Gasteiger partial charge in [0.2, 0.25) is 11.9 Å². The van der Waals surface area contributed by atoms with Crippen LogP contribution in [-0.4, -0.2) is 60.0 Å². The van der Waals surface area contributed by atoms with Crippen LogP contribution in [0.25, 0.3) is 0 Å². The van der Waals surface area contributed by atoms with Crippen LogP contribution in [0.3, 0.4) is 0 Å². The van der Waals surface area contributed by atoms with Crippen LogP contribution in [0.5, 0.6) is 0 Å². The fraction of sp³-hybridized carbons (Fsp3) is 0.722. The molecule has 3 heterocycles. The molecule has 2 saturated heterocycles. The van der Waals surface area contributed by atoms with E-state index in [1.165, 1.54) is 25.9 Å². The molecule has 1 N–H and O–H groups in total. The second kappa shape index (κ2) is 8.42. The van der Waals surface area contributed by atoms with Gasteiger partial charge in [-0.1, -0.05) is 6.92 Å². The number of aromatic nitrogens is 2. The molecule has 1 aromatic heterocycles. The monoisotopic (exact) mass is 331 g/mol. The highest BCUT2D eigenvalue weighted by atomic mass is 16.1. The van der Waals surface area contributed by atoms with Crippen LogP contribution >= 0.6 is 0 Å². The van der Waals surface area contributed by atoms with Crippen LogP contribution in [0, 0.1) is 11.8 Å². The van der Waals surface area contributed by atoms with Gasteiger partial charge in [0.15, 0.2) is 0 Å².